The maximum absolute atomic E-state index is 4.29. The molecule has 0 aromatic carbocycles. The molecule has 2 nitrogen and oxygen atoms in total. The van der Waals surface area contributed by atoms with Crippen LogP contribution in [0.4, 0.5) is 0 Å². The number of hydrogen-bond acceptors (Lipinski definition) is 1. The van der Waals surface area contributed by atoms with E-state index in [1.54, 1.807) is 0 Å². The Bertz CT molecular complexity index is 427. The molecule has 0 N–H and O–H groups in total. The van der Waals surface area contributed by atoms with Gasteiger partial charge in [-0.1, -0.05) is 46.3 Å². The quantitative estimate of drug-likeness (QED) is 0.644. The molecule has 0 aliphatic carbocycles. The van der Waals surface area contributed by atoms with Gasteiger partial charge in [0.2, 0.25) is 0 Å². The van der Waals surface area contributed by atoms with Gasteiger partial charge >= 0.3 is 58.2 Å². The molecule has 0 fully saturated rings. The zero-order valence-corrected chi connectivity index (χ0v) is 16.1. The molecule has 2 heterocycles. The summed E-state index contributed by atoms with van der Waals surface area (Å²) in [4.78, 5) is 0. The van der Waals surface area contributed by atoms with Gasteiger partial charge < -0.3 is 4.52 Å². The molecule has 0 atom stereocenters. The second kappa shape index (κ2) is 7.05. The molecule has 0 radical (unpaired) electrons. The minimum absolute atomic E-state index is 0. The summed E-state index contributed by atoms with van der Waals surface area (Å²) in [6.45, 7) is 10.6. The van der Waals surface area contributed by atoms with Crippen molar-refractivity contribution in [3.8, 4) is 0 Å². The first-order chi connectivity index (χ1) is 7.07. The smallest absolute Gasteiger partial charge is 0.338 e. The summed E-state index contributed by atoms with van der Waals surface area (Å²) in [6.07, 6.45) is 3.75. The first-order valence-electron chi connectivity index (χ1n) is 5.42. The molecule has 16 heavy (non-hydrogen) atoms. The summed E-state index contributed by atoms with van der Waals surface area (Å²) in [6, 6.07) is 7.12. The topological polar surface area (TPSA) is 17.3 Å². The first kappa shape index (κ1) is 16.5. The molecule has 0 bridgehead atoms. The van der Waals surface area contributed by atoms with Crippen LogP contribution in [-0.2, 0) is 5.41 Å². The molecule has 0 unspecified atom stereocenters. The van der Waals surface area contributed by atoms with Crippen molar-refractivity contribution in [1.29, 1.82) is 0 Å². The van der Waals surface area contributed by atoms with Crippen molar-refractivity contribution in [1.82, 2.24) is 9.61 Å². The van der Waals surface area contributed by atoms with Crippen molar-refractivity contribution in [3.63, 3.8) is 0 Å². The molecule has 0 spiro atoms. The molecule has 3 heteroatoms. The van der Waals surface area contributed by atoms with Crippen molar-refractivity contribution in [2.24, 2.45) is 0 Å². The van der Waals surface area contributed by atoms with E-state index >= 15 is 0 Å². The molecule has 0 aliphatic heterocycles. The average molecular weight is 289 g/mol. The second-order valence-electron chi connectivity index (χ2n) is 4.30. The predicted octanol–water partition coefficient (Wildman–Crippen LogP) is 0.462. The number of aromatic nitrogens is 2. The van der Waals surface area contributed by atoms with Crippen molar-refractivity contribution in [2.45, 2.75) is 40.0 Å². The summed E-state index contributed by atoms with van der Waals surface area (Å²) >= 11 is 0. The van der Waals surface area contributed by atoms with Gasteiger partial charge in [0, 0.05) is 6.20 Å². The standard InChI is InChI=1S/C11H13N2.C2H6.Rb/c1-11(2,3)9-7-10-5-4-6-13(10)12-8-9;1-2;/h5-8H,1-3H3;1-2H3;/q-1;;+1. The van der Waals surface area contributed by atoms with Gasteiger partial charge in [0.1, 0.15) is 0 Å². The van der Waals surface area contributed by atoms with Gasteiger partial charge in [-0.3, -0.25) is 0 Å². The molecular weight excluding hydrogens is 270 g/mol. The van der Waals surface area contributed by atoms with Crippen LogP contribution in [0.5, 0.6) is 0 Å². The van der Waals surface area contributed by atoms with Gasteiger partial charge in [-0.15, -0.1) is 6.07 Å². The summed E-state index contributed by atoms with van der Waals surface area (Å²) in [5.74, 6) is 0. The third-order valence-corrected chi connectivity index (χ3v) is 2.18. The fourth-order valence-electron chi connectivity index (χ4n) is 1.27. The average Bonchev–Trinajstić information content (AvgIpc) is 2.66. The number of nitrogens with zero attached hydrogens (tertiary/aromatic N) is 2. The van der Waals surface area contributed by atoms with Crippen molar-refractivity contribution in [2.75, 3.05) is 0 Å². The Balaban J connectivity index is 0.000000711. The van der Waals surface area contributed by atoms with Crippen molar-refractivity contribution in [3.05, 3.63) is 36.2 Å². The van der Waals surface area contributed by atoms with Gasteiger partial charge in [0.15, 0.2) is 0 Å². The van der Waals surface area contributed by atoms with Crippen LogP contribution in [0.15, 0.2) is 24.5 Å². The van der Waals surface area contributed by atoms with Crippen LogP contribution < -0.4 is 58.2 Å². The van der Waals surface area contributed by atoms with Gasteiger partial charge in [-0.25, -0.2) is 12.1 Å². The predicted molar refractivity (Wildman–Crippen MR) is 64.1 cm³/mol. The molecule has 2 rings (SSSR count). The minimum atomic E-state index is 0. The normalized spacial score (nSPS) is 10.3. The largest absolute Gasteiger partial charge is 1.00 e. The van der Waals surface area contributed by atoms with Crippen LogP contribution in [0.2, 0.25) is 0 Å². The van der Waals surface area contributed by atoms with Gasteiger partial charge in [-0.2, -0.15) is 5.10 Å². The van der Waals surface area contributed by atoms with Crippen LogP contribution in [-0.4, -0.2) is 9.61 Å². The second-order valence-corrected chi connectivity index (χ2v) is 4.30. The van der Waals surface area contributed by atoms with Crippen LogP contribution in [0, 0.1) is 6.07 Å². The van der Waals surface area contributed by atoms with E-state index in [0.29, 0.717) is 0 Å². The minimum Gasteiger partial charge on any atom is -0.338 e. The van der Waals surface area contributed by atoms with Gasteiger partial charge in [0.05, 0.1) is 0 Å². The molecule has 0 aliphatic rings. The van der Waals surface area contributed by atoms with E-state index < -0.39 is 0 Å². The third-order valence-electron chi connectivity index (χ3n) is 2.18. The fourth-order valence-corrected chi connectivity index (χ4v) is 1.27. The SMILES string of the molecule is CC.CC(C)(C)c1cnn2c[c-]cc2c1.[Rb+]. The van der Waals surface area contributed by atoms with E-state index in [0.717, 1.165) is 5.52 Å². The molecular formula is C13H19N2Rb. The van der Waals surface area contributed by atoms with Gasteiger partial charge in [-0.05, 0) is 11.0 Å². The Hall–Kier alpha value is 0.495. The summed E-state index contributed by atoms with van der Waals surface area (Å²) in [5.41, 5.74) is 2.53. The third kappa shape index (κ3) is 4.06. The van der Waals surface area contributed by atoms with Crippen LogP contribution in [0.3, 0.4) is 0 Å². The molecule has 0 saturated heterocycles. The maximum atomic E-state index is 4.29. The van der Waals surface area contributed by atoms with E-state index in [4.69, 9.17) is 0 Å². The number of hydrogen-bond donors (Lipinski definition) is 0. The summed E-state index contributed by atoms with van der Waals surface area (Å²) in [7, 11) is 0. The molecule has 0 saturated carbocycles. The number of fused-ring (bicyclic) bond motifs is 1. The van der Waals surface area contributed by atoms with E-state index in [1.165, 1.54) is 5.56 Å². The van der Waals surface area contributed by atoms with Crippen LogP contribution in [0.1, 0.15) is 40.2 Å². The zero-order valence-electron chi connectivity index (χ0n) is 11.2. The Kier molecular flexibility index (Phi) is 7.26. The monoisotopic (exact) mass is 288 g/mol. The van der Waals surface area contributed by atoms with Crippen LogP contribution >= 0.6 is 0 Å². The summed E-state index contributed by atoms with van der Waals surface area (Å²) < 4.78 is 1.83. The zero-order chi connectivity index (χ0) is 11.5. The van der Waals surface area contributed by atoms with E-state index in [9.17, 15) is 0 Å². The Labute approximate surface area is 147 Å². The van der Waals surface area contributed by atoms with Gasteiger partial charge in [0.25, 0.3) is 0 Å². The molecule has 82 valence electrons. The van der Waals surface area contributed by atoms with Crippen molar-refractivity contribution < 1.29 is 58.2 Å². The van der Waals surface area contributed by atoms with E-state index in [-0.39, 0.29) is 63.6 Å². The Morgan fingerprint density at radius 2 is 1.88 bits per heavy atom. The summed E-state index contributed by atoms with van der Waals surface area (Å²) in [5, 5.41) is 4.29. The van der Waals surface area contributed by atoms with Crippen molar-refractivity contribution >= 4 is 5.52 Å². The Morgan fingerprint density at radius 1 is 1.25 bits per heavy atom. The molecule has 2 aromatic rings. The first-order valence-corrected chi connectivity index (χ1v) is 5.42. The Morgan fingerprint density at radius 3 is 2.44 bits per heavy atom. The maximum Gasteiger partial charge on any atom is 1.00 e. The molecule has 2 aromatic heterocycles. The molecule has 0 amide bonds. The fraction of sp³-hybridized carbons (Fsp3) is 0.462. The van der Waals surface area contributed by atoms with E-state index in [1.807, 2.05) is 36.8 Å². The van der Waals surface area contributed by atoms with Crippen LogP contribution in [0.25, 0.3) is 5.52 Å². The number of rotatable bonds is 0. The van der Waals surface area contributed by atoms with E-state index in [2.05, 4.69) is 38.0 Å².